The molecule has 21 nitrogen and oxygen atoms in total. The van der Waals surface area contributed by atoms with Crippen molar-refractivity contribution in [2.24, 2.45) is 27.0 Å². The zero-order chi connectivity index (χ0) is 83.5. The van der Waals surface area contributed by atoms with E-state index in [-0.39, 0.29) is 56.3 Å². The van der Waals surface area contributed by atoms with E-state index in [9.17, 15) is 9.11 Å². The van der Waals surface area contributed by atoms with Gasteiger partial charge in [-0.05, 0) is 247 Å². The van der Waals surface area contributed by atoms with Crippen LogP contribution in [0.2, 0.25) is 0 Å². The summed E-state index contributed by atoms with van der Waals surface area (Å²) in [5.41, 5.74) is 24.1. The molecule has 0 saturated carbocycles. The number of halogens is 1. The normalized spacial score (nSPS) is 21.4. The molecule has 0 amide bonds. The minimum absolute atomic E-state index is 0.0105. The van der Waals surface area contributed by atoms with Gasteiger partial charge in [0.1, 0.15) is 49.4 Å². The Labute approximate surface area is 730 Å². The maximum atomic E-state index is 13.3. The molecule has 5 saturated heterocycles. The fourth-order valence-electron chi connectivity index (χ4n) is 18.7. The molecule has 4 N–H and O–H groups in total. The number of aliphatic imine (C=N–C) groups is 1. The molecule has 20 rings (SSSR count). The van der Waals surface area contributed by atoms with Crippen LogP contribution in [0.4, 0.5) is 17.5 Å². The van der Waals surface area contributed by atoms with Crippen LogP contribution in [0.1, 0.15) is 216 Å². The maximum Gasteiger partial charge on any atom is 0.182 e. The third-order valence-corrected chi connectivity index (χ3v) is 29.5. The molecule has 11 aromatic rings. The number of piperidine rings is 3. The van der Waals surface area contributed by atoms with Crippen LogP contribution in [0, 0.1) is 56.0 Å². The SMILES string of the molecule is C#Cc1ccccc1.CC(C)(C)[S+]([O-])N[C@@H]1c2ccccc2CC12CCN(c1cnc3c(C#Cc4ccccc4)nn(C4CCCCO4)c3n1)CC2.CC(C)(C)[S+]([O-])N[C@@H]1c2ccccc2CC12CCN(c1cnc3c(I)nn(C4CCCCO4)c3n1)CC2.N[C@@H]1c2ccccc2CC12CCN(c1cnc3c(n1)CN=C3C#Cc1ccccc1)CC2. The van der Waals surface area contributed by atoms with Crippen LogP contribution in [0.5, 0.6) is 0 Å². The summed E-state index contributed by atoms with van der Waals surface area (Å²) in [7, 11) is 0. The van der Waals surface area contributed by atoms with Crippen molar-refractivity contribution in [3.63, 3.8) is 0 Å². The van der Waals surface area contributed by atoms with E-state index in [0.29, 0.717) is 17.8 Å². The summed E-state index contributed by atoms with van der Waals surface area (Å²) in [5, 5.41) is 9.63. The van der Waals surface area contributed by atoms with E-state index in [0.717, 1.165) is 221 Å². The molecule has 6 aliphatic heterocycles. The molecule has 3 spiro atoms. The van der Waals surface area contributed by atoms with E-state index >= 15 is 0 Å². The van der Waals surface area contributed by atoms with Gasteiger partial charge in [-0.3, -0.25) is 4.99 Å². The minimum Gasteiger partial charge on any atom is -0.598 e. The highest BCUT2D eigenvalue weighted by Crippen LogP contribution is 2.56. The summed E-state index contributed by atoms with van der Waals surface area (Å²) < 4.78 is 49.8. The molecule has 5 aromatic heterocycles. The molecule has 622 valence electrons. The van der Waals surface area contributed by atoms with Crippen LogP contribution in [-0.2, 0) is 58.0 Å². The summed E-state index contributed by atoms with van der Waals surface area (Å²) in [6.07, 6.45) is 26.0. The lowest BCUT2D eigenvalue weighted by Gasteiger charge is -2.44. The van der Waals surface area contributed by atoms with Gasteiger partial charge in [-0.15, -0.1) is 15.9 Å². The van der Waals surface area contributed by atoms with Crippen LogP contribution in [0.3, 0.4) is 0 Å². The van der Waals surface area contributed by atoms with E-state index in [2.05, 4.69) is 154 Å². The molecule has 3 aliphatic carbocycles. The molecule has 6 aromatic carbocycles. The van der Waals surface area contributed by atoms with Crippen molar-refractivity contribution >= 4 is 90.8 Å². The predicted octanol–water partition coefficient (Wildman–Crippen LogP) is 16.3. The monoisotopic (exact) mass is 1760 g/mol. The maximum absolute atomic E-state index is 13.3. The van der Waals surface area contributed by atoms with Crippen molar-refractivity contribution < 1.29 is 18.6 Å². The number of nitrogens with two attached hydrogens (primary N) is 1. The van der Waals surface area contributed by atoms with Gasteiger partial charge >= 0.3 is 0 Å². The molecular formula is C97H106IN17O4S2. The summed E-state index contributed by atoms with van der Waals surface area (Å²) in [4.78, 5) is 41.1. The van der Waals surface area contributed by atoms with E-state index < -0.39 is 22.7 Å². The summed E-state index contributed by atoms with van der Waals surface area (Å²) in [5.74, 6) is 18.0. The van der Waals surface area contributed by atoms with Crippen LogP contribution in [-0.4, -0.2) is 126 Å². The van der Waals surface area contributed by atoms with Gasteiger partial charge in [-0.2, -0.15) is 10.2 Å². The van der Waals surface area contributed by atoms with Crippen molar-refractivity contribution in [3.05, 3.63) is 253 Å². The Balaban J connectivity index is 0.000000125. The summed E-state index contributed by atoms with van der Waals surface area (Å²) >= 11 is -0.0478. The Morgan fingerprint density at radius 1 is 0.488 bits per heavy atom. The van der Waals surface area contributed by atoms with Gasteiger partial charge in [0.05, 0.1) is 42.9 Å². The average Bonchev–Trinajstić information content (AvgIpc) is 1.60. The number of anilines is 3. The van der Waals surface area contributed by atoms with Crippen LogP contribution in [0.25, 0.3) is 22.3 Å². The van der Waals surface area contributed by atoms with Crippen molar-refractivity contribution in [1.29, 1.82) is 0 Å². The second kappa shape index (κ2) is 36.1. The molecule has 0 bridgehead atoms. The molecule has 4 unspecified atom stereocenters. The number of benzene rings is 6. The highest BCUT2D eigenvalue weighted by atomic mass is 127. The van der Waals surface area contributed by atoms with Gasteiger partial charge in [0.25, 0.3) is 0 Å². The van der Waals surface area contributed by atoms with Crippen LogP contribution >= 0.6 is 22.6 Å². The number of rotatable bonds is 9. The number of ether oxygens (including phenoxy) is 2. The lowest BCUT2D eigenvalue weighted by atomic mass is 9.73. The van der Waals surface area contributed by atoms with Gasteiger partial charge in [-0.25, -0.2) is 39.3 Å². The Kier molecular flexibility index (Phi) is 24.9. The summed E-state index contributed by atoms with van der Waals surface area (Å²) in [6, 6.07) is 55.8. The molecule has 7 atom stereocenters. The van der Waals surface area contributed by atoms with Gasteiger partial charge < -0.3 is 39.0 Å². The Morgan fingerprint density at radius 2 is 0.901 bits per heavy atom. The van der Waals surface area contributed by atoms with E-state index in [4.69, 9.17) is 61.7 Å². The molecular weight excluding hydrogens is 1660 g/mol. The Morgan fingerprint density at radius 3 is 1.37 bits per heavy atom. The fraction of sp³-hybridized carbons (Fsp3) is 0.412. The van der Waals surface area contributed by atoms with Gasteiger partial charge in [0, 0.05) is 109 Å². The largest absolute Gasteiger partial charge is 0.598 e. The molecule has 11 heterocycles. The van der Waals surface area contributed by atoms with Crippen LogP contribution in [0.15, 0.2) is 187 Å². The molecule has 5 fully saturated rings. The van der Waals surface area contributed by atoms with E-state index in [1.54, 1.807) is 0 Å². The second-order valence-corrected chi connectivity index (χ2v) is 40.4. The summed E-state index contributed by atoms with van der Waals surface area (Å²) in [6.45, 7) is 19.6. The first-order chi connectivity index (χ1) is 58.7. The molecule has 24 heteroatoms. The third kappa shape index (κ3) is 18.0. The highest BCUT2D eigenvalue weighted by Gasteiger charge is 2.53. The number of nitrogens with one attached hydrogen (secondary N) is 2. The van der Waals surface area contributed by atoms with Crippen LogP contribution < -0.4 is 29.9 Å². The molecule has 121 heavy (non-hydrogen) atoms. The number of nitrogens with zero attached hydrogens (tertiary/aromatic N) is 14. The smallest absolute Gasteiger partial charge is 0.182 e. The van der Waals surface area contributed by atoms with Crippen molar-refractivity contribution in [3.8, 4) is 36.0 Å². The quantitative estimate of drug-likeness (QED) is 0.0690. The van der Waals surface area contributed by atoms with E-state index in [1.165, 1.54) is 33.4 Å². The fourth-order valence-corrected chi connectivity index (χ4v) is 21.2. The van der Waals surface area contributed by atoms with Gasteiger partial charge in [0.2, 0.25) is 0 Å². The van der Waals surface area contributed by atoms with Crippen molar-refractivity contribution in [2.75, 3.05) is 67.2 Å². The number of hydrogen-bond donors (Lipinski definition) is 3. The Bertz CT molecular complexity index is 5710. The number of fused-ring (bicyclic) bond motifs is 6. The second-order valence-electron chi connectivity index (χ2n) is 35.4. The van der Waals surface area contributed by atoms with Crippen molar-refractivity contribution in [1.82, 2.24) is 58.9 Å². The van der Waals surface area contributed by atoms with E-state index in [1.807, 2.05) is 160 Å². The lowest BCUT2D eigenvalue weighted by molar-refractivity contribution is -0.0372. The minimum atomic E-state index is -1.16. The highest BCUT2D eigenvalue weighted by molar-refractivity contribution is 14.1. The van der Waals surface area contributed by atoms with Gasteiger partial charge in [0.15, 0.2) is 33.1 Å². The lowest BCUT2D eigenvalue weighted by Crippen LogP contribution is -2.49. The number of terminal acetylenes is 1. The van der Waals surface area contributed by atoms with Crippen molar-refractivity contribution in [2.45, 2.75) is 184 Å². The standard InChI is InChI=1S/C35H40N6O2S.C27H35IN6O2S.C27H25N5.C8H6/c1-34(2,3)44(42)39-32-27-14-8-7-13-26(27)23-35(32)18-20-40(21-19-35)29-24-36-31-28(17-16-25-11-5-4-6-12-25)38-41(33(31)37-29)30-15-9-10-22-43-30;1-26(2,3)37(35)32-23-19-9-5-4-8-18(19)16-27(23)11-13-33(14-12-27)20-17-29-22-24(28)31-34(25(22)30-20)21-10-6-7-15-36-21;28-26-21-9-5-4-8-20(21)16-27(26)12-14-32(15-13-27)24-18-30-25-22(29-17-23(25)31-24)11-10-19-6-2-1-3-7-19;1-2-8-6-4-3-5-7-8/h4-8,11-14,24,30,32,39H,9-10,15,18-23H2,1-3H3;4-5,8-9,17,21,23,32H,6-7,10-16H2,1-3H3;1-9,18,26H,12-17,28H2;1,3-7H/t30?,32-,44?;21?,23-,37?;26-;/m111./s1. The first-order valence-electron chi connectivity index (χ1n) is 42.8. The first kappa shape index (κ1) is 83.7. The average molecular weight is 1770 g/mol. The third-order valence-electron chi connectivity index (χ3n) is 25.6. The zero-order valence-corrected chi connectivity index (χ0v) is 73.7. The Hall–Kier alpha value is -9.60. The molecule has 9 aliphatic rings. The number of hydrogen-bond acceptors (Lipinski definition) is 19. The topological polar surface area (TPSA) is 250 Å². The predicted molar refractivity (Wildman–Crippen MR) is 490 cm³/mol. The molecule has 0 radical (unpaired) electrons. The first-order valence-corrected chi connectivity index (χ1v) is 46.1. The zero-order valence-electron chi connectivity index (χ0n) is 69.9. The number of aromatic nitrogens is 10. The van der Waals surface area contributed by atoms with Gasteiger partial charge in [-0.1, -0.05) is 145 Å².